The number of aryl methyl sites for hydroxylation is 1. The second-order valence-corrected chi connectivity index (χ2v) is 8.02. The molecule has 2 heterocycles. The summed E-state index contributed by atoms with van der Waals surface area (Å²) in [6.45, 7) is 3.96. The number of aliphatic carboxylic acids is 1. The molecule has 21 heavy (non-hydrogen) atoms. The molecule has 1 fully saturated rings. The van der Waals surface area contributed by atoms with Gasteiger partial charge in [-0.15, -0.1) is 0 Å². The third kappa shape index (κ3) is 2.96. The Labute approximate surface area is 124 Å². The van der Waals surface area contributed by atoms with Crippen LogP contribution in [0.5, 0.6) is 0 Å². The first-order chi connectivity index (χ1) is 9.65. The minimum absolute atomic E-state index is 0.152. The summed E-state index contributed by atoms with van der Waals surface area (Å²) in [7, 11) is -1.94. The number of carbonyl (C=O) groups is 1. The van der Waals surface area contributed by atoms with Gasteiger partial charge in [0.1, 0.15) is 4.90 Å². The molecule has 8 heteroatoms. The summed E-state index contributed by atoms with van der Waals surface area (Å²) >= 11 is 0. The minimum atomic E-state index is -3.60. The monoisotopic (exact) mass is 315 g/mol. The fourth-order valence-electron chi connectivity index (χ4n) is 2.61. The first-order valence-corrected chi connectivity index (χ1v) is 8.32. The molecule has 118 valence electrons. The van der Waals surface area contributed by atoms with Crippen LogP contribution >= 0.6 is 0 Å². The molecule has 1 aliphatic rings. The zero-order valence-corrected chi connectivity index (χ0v) is 13.3. The van der Waals surface area contributed by atoms with Crippen LogP contribution in [0.4, 0.5) is 0 Å². The number of rotatable bonds is 4. The van der Waals surface area contributed by atoms with Crippen molar-refractivity contribution in [1.82, 2.24) is 14.1 Å². The predicted molar refractivity (Wildman–Crippen MR) is 76.1 cm³/mol. The number of aromatic nitrogens is 2. The van der Waals surface area contributed by atoms with Crippen molar-refractivity contribution in [2.45, 2.75) is 31.6 Å². The highest BCUT2D eigenvalue weighted by atomic mass is 32.2. The van der Waals surface area contributed by atoms with Gasteiger partial charge in [0.2, 0.25) is 10.0 Å². The molecule has 1 unspecified atom stereocenters. The summed E-state index contributed by atoms with van der Waals surface area (Å²) < 4.78 is 28.0. The van der Waals surface area contributed by atoms with Crippen LogP contribution in [0.15, 0.2) is 17.3 Å². The topological polar surface area (TPSA) is 92.5 Å². The molecule has 0 spiro atoms. The Bertz CT molecular complexity index is 636. The van der Waals surface area contributed by atoms with Crippen LogP contribution in [0.3, 0.4) is 0 Å². The van der Waals surface area contributed by atoms with Gasteiger partial charge in [-0.05, 0) is 32.6 Å². The number of piperidine rings is 1. The Morgan fingerprint density at radius 3 is 2.67 bits per heavy atom. The third-order valence-electron chi connectivity index (χ3n) is 4.27. The van der Waals surface area contributed by atoms with Crippen LogP contribution in [-0.2, 0) is 21.9 Å². The van der Waals surface area contributed by atoms with Crippen molar-refractivity contribution in [1.29, 1.82) is 0 Å². The van der Waals surface area contributed by atoms with Gasteiger partial charge in [0.15, 0.2) is 0 Å². The molecule has 0 aromatic carbocycles. The Kier molecular flexibility index (Phi) is 4.12. The van der Waals surface area contributed by atoms with Gasteiger partial charge < -0.3 is 5.11 Å². The van der Waals surface area contributed by atoms with E-state index in [4.69, 9.17) is 0 Å². The summed E-state index contributed by atoms with van der Waals surface area (Å²) in [6.07, 6.45) is 4.17. The third-order valence-corrected chi connectivity index (χ3v) is 6.09. The van der Waals surface area contributed by atoms with Gasteiger partial charge in [0.05, 0.1) is 11.6 Å². The molecule has 0 bridgehead atoms. The molecule has 1 aliphatic heterocycles. The molecule has 0 saturated carbocycles. The summed E-state index contributed by atoms with van der Waals surface area (Å²) in [5.74, 6) is -1.09. The molecule has 0 amide bonds. The predicted octanol–water partition coefficient (Wildman–Crippen LogP) is 0.932. The lowest BCUT2D eigenvalue weighted by molar-refractivity contribution is -0.151. The van der Waals surface area contributed by atoms with Crippen LogP contribution in [0.2, 0.25) is 0 Å². The minimum Gasteiger partial charge on any atom is -0.481 e. The average molecular weight is 315 g/mol. The Balaban J connectivity index is 2.24. The number of carboxylic acids is 1. The first kappa shape index (κ1) is 16.0. The second kappa shape index (κ2) is 5.42. The maximum atomic E-state index is 12.6. The van der Waals surface area contributed by atoms with Crippen molar-refractivity contribution < 1.29 is 18.3 Å². The molecular formula is C13H21N3O4S. The smallest absolute Gasteiger partial charge is 0.309 e. The van der Waals surface area contributed by atoms with E-state index in [1.807, 2.05) is 0 Å². The van der Waals surface area contributed by atoms with E-state index in [0.717, 1.165) is 6.42 Å². The molecule has 1 N–H and O–H groups in total. The van der Waals surface area contributed by atoms with E-state index in [1.165, 1.54) is 21.4 Å². The van der Waals surface area contributed by atoms with Crippen molar-refractivity contribution in [3.05, 3.63) is 12.4 Å². The van der Waals surface area contributed by atoms with E-state index in [9.17, 15) is 18.3 Å². The van der Waals surface area contributed by atoms with Crippen molar-refractivity contribution >= 4 is 16.0 Å². The molecule has 1 atom stereocenters. The molecule has 1 saturated heterocycles. The molecule has 1 aromatic heterocycles. The summed E-state index contributed by atoms with van der Waals surface area (Å²) in [6, 6.07) is 0. The highest BCUT2D eigenvalue weighted by molar-refractivity contribution is 7.89. The Morgan fingerprint density at radius 2 is 2.14 bits per heavy atom. The Morgan fingerprint density at radius 1 is 1.48 bits per heavy atom. The molecule has 0 aliphatic carbocycles. The van der Waals surface area contributed by atoms with E-state index in [1.54, 1.807) is 20.9 Å². The summed E-state index contributed by atoms with van der Waals surface area (Å²) in [5.41, 5.74) is -0.941. The van der Waals surface area contributed by atoms with E-state index in [0.29, 0.717) is 13.0 Å². The van der Waals surface area contributed by atoms with Crippen LogP contribution in [0.1, 0.15) is 26.7 Å². The quantitative estimate of drug-likeness (QED) is 0.892. The normalized spacial score (nSPS) is 21.4. The van der Waals surface area contributed by atoms with E-state index < -0.39 is 21.4 Å². The van der Waals surface area contributed by atoms with Crippen LogP contribution in [-0.4, -0.2) is 46.7 Å². The number of carboxylic acid groups (broad SMARTS) is 1. The van der Waals surface area contributed by atoms with E-state index >= 15 is 0 Å². The fraction of sp³-hybridized carbons (Fsp3) is 0.692. The van der Waals surface area contributed by atoms with Gasteiger partial charge in [-0.3, -0.25) is 9.48 Å². The van der Waals surface area contributed by atoms with Gasteiger partial charge in [-0.1, -0.05) is 0 Å². The summed E-state index contributed by atoms with van der Waals surface area (Å²) in [5, 5.41) is 13.2. The van der Waals surface area contributed by atoms with Gasteiger partial charge in [0.25, 0.3) is 0 Å². The van der Waals surface area contributed by atoms with Crippen molar-refractivity contribution in [2.24, 2.45) is 18.4 Å². The first-order valence-electron chi connectivity index (χ1n) is 6.88. The van der Waals surface area contributed by atoms with Crippen molar-refractivity contribution in [3.63, 3.8) is 0 Å². The maximum Gasteiger partial charge on any atom is 0.309 e. The molecule has 7 nitrogen and oxygen atoms in total. The SMILES string of the molecule is Cn1cc(S(=O)(=O)N2CCCC(C(C)(C)C(=O)O)C2)cn1. The van der Waals surface area contributed by atoms with Gasteiger partial charge in [0, 0.05) is 26.3 Å². The second-order valence-electron chi connectivity index (χ2n) is 6.08. The highest BCUT2D eigenvalue weighted by Gasteiger charge is 2.41. The lowest BCUT2D eigenvalue weighted by atomic mass is 9.75. The number of nitrogens with zero attached hydrogens (tertiary/aromatic N) is 3. The Hall–Kier alpha value is -1.41. The van der Waals surface area contributed by atoms with E-state index in [2.05, 4.69) is 5.10 Å². The largest absolute Gasteiger partial charge is 0.481 e. The standard InChI is InChI=1S/C13H21N3O4S/c1-13(2,12(17)18)10-5-4-6-16(8-10)21(19,20)11-7-14-15(3)9-11/h7,9-10H,4-6,8H2,1-3H3,(H,17,18). The van der Waals surface area contributed by atoms with Crippen LogP contribution in [0, 0.1) is 11.3 Å². The van der Waals surface area contributed by atoms with Crippen molar-refractivity contribution in [3.8, 4) is 0 Å². The molecule has 0 radical (unpaired) electrons. The van der Waals surface area contributed by atoms with Gasteiger partial charge >= 0.3 is 5.97 Å². The molecule has 2 rings (SSSR count). The lowest BCUT2D eigenvalue weighted by Crippen LogP contribution is -2.46. The number of sulfonamides is 1. The average Bonchev–Trinajstić information content (AvgIpc) is 2.86. The summed E-state index contributed by atoms with van der Waals surface area (Å²) in [4.78, 5) is 11.5. The zero-order valence-electron chi connectivity index (χ0n) is 12.5. The number of hydrogen-bond donors (Lipinski definition) is 1. The lowest BCUT2D eigenvalue weighted by Gasteiger charge is -2.38. The molecule has 1 aromatic rings. The molecular weight excluding hydrogens is 294 g/mol. The number of hydrogen-bond acceptors (Lipinski definition) is 4. The van der Waals surface area contributed by atoms with Crippen molar-refractivity contribution in [2.75, 3.05) is 13.1 Å². The fourth-order valence-corrected chi connectivity index (χ4v) is 4.12. The van der Waals surface area contributed by atoms with Crippen LogP contribution < -0.4 is 0 Å². The van der Waals surface area contributed by atoms with Crippen LogP contribution in [0.25, 0.3) is 0 Å². The zero-order chi connectivity index (χ0) is 15.8. The maximum absolute atomic E-state index is 12.6. The van der Waals surface area contributed by atoms with Gasteiger partial charge in [-0.25, -0.2) is 8.42 Å². The van der Waals surface area contributed by atoms with Gasteiger partial charge in [-0.2, -0.15) is 9.40 Å². The van der Waals surface area contributed by atoms with E-state index in [-0.39, 0.29) is 17.4 Å². The highest BCUT2D eigenvalue weighted by Crippen LogP contribution is 2.35.